The van der Waals surface area contributed by atoms with Crippen LogP contribution >= 0.6 is 11.6 Å². The van der Waals surface area contributed by atoms with Gasteiger partial charge in [0.05, 0.1) is 6.10 Å². The molecule has 1 atom stereocenters. The lowest BCUT2D eigenvalue weighted by atomic mass is 9.87. The summed E-state index contributed by atoms with van der Waals surface area (Å²) in [5, 5.41) is 14.4. The van der Waals surface area contributed by atoms with Gasteiger partial charge in [-0.15, -0.1) is 0 Å². The maximum Gasteiger partial charge on any atom is 0.222 e. The van der Waals surface area contributed by atoms with Crippen molar-refractivity contribution in [1.82, 2.24) is 10.2 Å². The highest BCUT2D eigenvalue weighted by Crippen LogP contribution is 2.31. The number of hydrogen-bond donors (Lipinski definition) is 2. The largest absolute Gasteiger partial charge is 0.388 e. The molecule has 120 valence electrons. The number of amides is 1. The van der Waals surface area contributed by atoms with Crippen molar-refractivity contribution < 1.29 is 9.90 Å². The van der Waals surface area contributed by atoms with Gasteiger partial charge in [-0.3, -0.25) is 4.79 Å². The molecule has 5 heteroatoms. The standard InChI is InChI=1S/C17H23ClN2O2/c18-15-3-1-13(2-4-15)17(22)14-5-7-20(8-6-14)16(21)9-12-10-19-11-12/h1-4,12,14,17,19,22H,5-11H2. The Morgan fingerprint density at radius 3 is 2.45 bits per heavy atom. The SMILES string of the molecule is O=C(CC1CNC1)N1CCC(C(O)c2ccc(Cl)cc2)CC1. The smallest absolute Gasteiger partial charge is 0.222 e. The first kappa shape index (κ1) is 15.8. The van der Waals surface area contributed by atoms with Crippen molar-refractivity contribution in [2.45, 2.75) is 25.4 Å². The highest BCUT2D eigenvalue weighted by Gasteiger charge is 2.30. The van der Waals surface area contributed by atoms with Crippen LogP contribution in [0.3, 0.4) is 0 Å². The van der Waals surface area contributed by atoms with Crippen LogP contribution in [0.2, 0.25) is 5.02 Å². The quantitative estimate of drug-likeness (QED) is 0.893. The fourth-order valence-corrected chi connectivity index (χ4v) is 3.39. The third kappa shape index (κ3) is 3.62. The van der Waals surface area contributed by atoms with Gasteiger partial charge in [0.25, 0.3) is 0 Å². The average Bonchev–Trinajstić information content (AvgIpc) is 2.51. The molecule has 0 saturated carbocycles. The molecule has 2 aliphatic heterocycles. The first-order valence-electron chi connectivity index (χ1n) is 8.05. The van der Waals surface area contributed by atoms with Gasteiger partial charge in [0.15, 0.2) is 0 Å². The second-order valence-electron chi connectivity index (χ2n) is 6.44. The number of aliphatic hydroxyl groups is 1. The van der Waals surface area contributed by atoms with Gasteiger partial charge in [0.1, 0.15) is 0 Å². The molecular formula is C17H23ClN2O2. The maximum atomic E-state index is 12.2. The number of hydrogen-bond acceptors (Lipinski definition) is 3. The molecule has 0 radical (unpaired) electrons. The summed E-state index contributed by atoms with van der Waals surface area (Å²) < 4.78 is 0. The van der Waals surface area contributed by atoms with Gasteiger partial charge in [-0.2, -0.15) is 0 Å². The summed E-state index contributed by atoms with van der Waals surface area (Å²) >= 11 is 5.88. The zero-order chi connectivity index (χ0) is 15.5. The van der Waals surface area contributed by atoms with Crippen molar-refractivity contribution >= 4 is 17.5 Å². The second kappa shape index (κ2) is 6.99. The average molecular weight is 323 g/mol. The van der Waals surface area contributed by atoms with Gasteiger partial charge in [-0.25, -0.2) is 0 Å². The van der Waals surface area contributed by atoms with E-state index in [1.807, 2.05) is 29.2 Å². The number of nitrogens with one attached hydrogen (secondary N) is 1. The number of carbonyl (C=O) groups is 1. The molecule has 0 aromatic heterocycles. The molecule has 2 aliphatic rings. The van der Waals surface area contributed by atoms with Crippen molar-refractivity contribution in [3.8, 4) is 0 Å². The molecule has 22 heavy (non-hydrogen) atoms. The molecule has 1 unspecified atom stereocenters. The Morgan fingerprint density at radius 1 is 1.27 bits per heavy atom. The van der Waals surface area contributed by atoms with Crippen LogP contribution in [0, 0.1) is 11.8 Å². The normalized spacial score (nSPS) is 21.5. The Morgan fingerprint density at radius 2 is 1.91 bits per heavy atom. The van der Waals surface area contributed by atoms with E-state index in [0.29, 0.717) is 17.4 Å². The van der Waals surface area contributed by atoms with E-state index < -0.39 is 6.10 Å². The van der Waals surface area contributed by atoms with Gasteiger partial charge >= 0.3 is 0 Å². The molecule has 1 aromatic rings. The molecule has 2 heterocycles. The van der Waals surface area contributed by atoms with Crippen LogP contribution in [-0.2, 0) is 4.79 Å². The molecule has 2 saturated heterocycles. The van der Waals surface area contributed by atoms with Crippen molar-refractivity contribution in [2.75, 3.05) is 26.2 Å². The highest BCUT2D eigenvalue weighted by atomic mass is 35.5. The molecule has 1 aromatic carbocycles. The lowest BCUT2D eigenvalue weighted by molar-refractivity contribution is -0.134. The minimum Gasteiger partial charge on any atom is -0.388 e. The number of aliphatic hydroxyl groups excluding tert-OH is 1. The summed E-state index contributed by atoms with van der Waals surface area (Å²) in [6.45, 7) is 3.46. The lowest BCUT2D eigenvalue weighted by Crippen LogP contribution is -2.46. The van der Waals surface area contributed by atoms with Crippen LogP contribution in [0.5, 0.6) is 0 Å². The molecule has 0 bridgehead atoms. The van der Waals surface area contributed by atoms with Crippen molar-refractivity contribution in [3.05, 3.63) is 34.9 Å². The number of carbonyl (C=O) groups excluding carboxylic acids is 1. The molecule has 0 spiro atoms. The van der Waals surface area contributed by atoms with Crippen molar-refractivity contribution in [2.24, 2.45) is 11.8 Å². The van der Waals surface area contributed by atoms with Crippen LogP contribution in [0.4, 0.5) is 0 Å². The fraction of sp³-hybridized carbons (Fsp3) is 0.588. The number of nitrogens with zero attached hydrogens (tertiary/aromatic N) is 1. The zero-order valence-corrected chi connectivity index (χ0v) is 13.4. The van der Waals surface area contributed by atoms with Gasteiger partial charge in [-0.1, -0.05) is 23.7 Å². The Labute approximate surface area is 136 Å². The molecule has 3 rings (SSSR count). The third-order valence-electron chi connectivity index (χ3n) is 4.88. The summed E-state index contributed by atoms with van der Waals surface area (Å²) in [6.07, 6.45) is 1.92. The summed E-state index contributed by atoms with van der Waals surface area (Å²) in [5.74, 6) is 1.01. The molecule has 4 nitrogen and oxygen atoms in total. The first-order chi connectivity index (χ1) is 10.6. The van der Waals surface area contributed by atoms with Crippen molar-refractivity contribution in [3.63, 3.8) is 0 Å². The maximum absolute atomic E-state index is 12.2. The summed E-state index contributed by atoms with van der Waals surface area (Å²) in [5.41, 5.74) is 0.912. The number of halogens is 1. The van der Waals surface area contributed by atoms with Gasteiger partial charge in [-0.05, 0) is 55.5 Å². The van der Waals surface area contributed by atoms with E-state index in [0.717, 1.165) is 44.6 Å². The Balaban J connectivity index is 1.50. The lowest BCUT2D eigenvalue weighted by Gasteiger charge is -2.36. The summed E-state index contributed by atoms with van der Waals surface area (Å²) in [6, 6.07) is 7.39. The predicted octanol–water partition coefficient (Wildman–Crippen LogP) is 2.22. The number of likely N-dealkylation sites (tertiary alicyclic amines) is 1. The van der Waals surface area contributed by atoms with E-state index in [-0.39, 0.29) is 11.8 Å². The van der Waals surface area contributed by atoms with Gasteiger partial charge in [0, 0.05) is 24.5 Å². The summed E-state index contributed by atoms with van der Waals surface area (Å²) in [4.78, 5) is 14.2. The molecule has 2 N–H and O–H groups in total. The topological polar surface area (TPSA) is 52.6 Å². The molecule has 1 amide bonds. The second-order valence-corrected chi connectivity index (χ2v) is 6.88. The minimum absolute atomic E-state index is 0.218. The molecular weight excluding hydrogens is 300 g/mol. The van der Waals surface area contributed by atoms with E-state index in [4.69, 9.17) is 11.6 Å². The van der Waals surface area contributed by atoms with Crippen molar-refractivity contribution in [1.29, 1.82) is 0 Å². The Hall–Kier alpha value is -1.10. The number of piperidine rings is 1. The highest BCUT2D eigenvalue weighted by molar-refractivity contribution is 6.30. The summed E-state index contributed by atoms with van der Waals surface area (Å²) in [7, 11) is 0. The van der Waals surface area contributed by atoms with E-state index in [1.54, 1.807) is 0 Å². The Kier molecular flexibility index (Phi) is 5.01. The van der Waals surface area contributed by atoms with Crippen LogP contribution in [0.1, 0.15) is 30.9 Å². The van der Waals surface area contributed by atoms with Gasteiger partial charge in [0.2, 0.25) is 5.91 Å². The van der Waals surface area contributed by atoms with Crippen LogP contribution in [0.15, 0.2) is 24.3 Å². The van der Waals surface area contributed by atoms with Crippen LogP contribution in [-0.4, -0.2) is 42.1 Å². The predicted molar refractivity (Wildman–Crippen MR) is 86.7 cm³/mol. The van der Waals surface area contributed by atoms with E-state index in [2.05, 4.69) is 5.32 Å². The zero-order valence-electron chi connectivity index (χ0n) is 12.7. The van der Waals surface area contributed by atoms with E-state index >= 15 is 0 Å². The minimum atomic E-state index is -0.467. The third-order valence-corrected chi connectivity index (χ3v) is 5.13. The van der Waals surface area contributed by atoms with E-state index in [9.17, 15) is 9.90 Å². The van der Waals surface area contributed by atoms with Gasteiger partial charge < -0.3 is 15.3 Å². The molecule has 2 fully saturated rings. The molecule has 0 aliphatic carbocycles. The Bertz CT molecular complexity index is 508. The number of rotatable bonds is 4. The first-order valence-corrected chi connectivity index (χ1v) is 8.43. The fourth-order valence-electron chi connectivity index (χ4n) is 3.27. The van der Waals surface area contributed by atoms with E-state index in [1.165, 1.54) is 0 Å². The monoisotopic (exact) mass is 322 g/mol. The van der Waals surface area contributed by atoms with Crippen LogP contribution < -0.4 is 5.32 Å². The number of benzene rings is 1. The van der Waals surface area contributed by atoms with Crippen LogP contribution in [0.25, 0.3) is 0 Å².